The first-order chi connectivity index (χ1) is 14.5. The second-order valence-electron chi connectivity index (χ2n) is 8.44. The van der Waals surface area contributed by atoms with Gasteiger partial charge in [-0.2, -0.15) is 0 Å². The number of hydrogen-bond acceptors (Lipinski definition) is 3. The van der Waals surface area contributed by atoms with E-state index in [1.807, 2.05) is 26.0 Å². The summed E-state index contributed by atoms with van der Waals surface area (Å²) < 4.78 is 0. The number of pyridine rings is 1. The molecule has 190 valence electrons. The van der Waals surface area contributed by atoms with Crippen molar-refractivity contribution in [2.24, 2.45) is 9.98 Å². The van der Waals surface area contributed by atoms with Crippen LogP contribution in [0.2, 0.25) is 5.02 Å². The molecule has 0 unspecified atom stereocenters. The van der Waals surface area contributed by atoms with Crippen LogP contribution in [-0.2, 0) is 16.8 Å². The summed E-state index contributed by atoms with van der Waals surface area (Å²) >= 11 is 6.46. The Morgan fingerprint density at radius 3 is 1.17 bits per heavy atom. The number of nitrogens with zero attached hydrogens (tertiary/aromatic N) is 3. The molecule has 0 fully saturated rings. The smallest absolute Gasteiger partial charge is 1.00 e. The number of aliphatic imine (C=N–C) groups is 2. The van der Waals surface area contributed by atoms with Gasteiger partial charge in [0.2, 0.25) is 0 Å². The van der Waals surface area contributed by atoms with Crippen LogP contribution in [-0.4, -0.2) is 16.4 Å². The minimum absolute atomic E-state index is 0. The quantitative estimate of drug-likeness (QED) is 0.352. The third kappa shape index (κ3) is 8.89. The van der Waals surface area contributed by atoms with Gasteiger partial charge in [-0.1, -0.05) is 47.0 Å². The van der Waals surface area contributed by atoms with Gasteiger partial charge in [-0.25, -0.2) is 4.98 Å². The molecule has 1 heterocycles. The third-order valence-electron chi connectivity index (χ3n) is 5.36. The van der Waals surface area contributed by atoms with E-state index in [1.165, 1.54) is 11.1 Å². The molecule has 0 saturated carbocycles. The van der Waals surface area contributed by atoms with Crippen LogP contribution < -0.4 is 37.2 Å². The van der Waals surface area contributed by atoms with E-state index < -0.39 is 0 Å². The molecule has 2 aromatic carbocycles. The summed E-state index contributed by atoms with van der Waals surface area (Å²) in [4.78, 5) is 14.6. The number of rotatable bonds is 4. The topological polar surface area (TPSA) is 37.6 Å². The number of hydrogen-bond donors (Lipinski definition) is 0. The van der Waals surface area contributed by atoms with E-state index >= 15 is 0 Å². The van der Waals surface area contributed by atoms with Gasteiger partial charge in [0.1, 0.15) is 0 Å². The fourth-order valence-electron chi connectivity index (χ4n) is 4.02. The molecule has 0 bridgehead atoms. The third-order valence-corrected chi connectivity index (χ3v) is 5.58. The summed E-state index contributed by atoms with van der Waals surface area (Å²) in [6.45, 7) is 16.5. The van der Waals surface area contributed by atoms with Crippen molar-refractivity contribution < 1.29 is 54.0 Å². The maximum absolute atomic E-state index is 6.46. The Kier molecular flexibility index (Phi) is 15.3. The first kappa shape index (κ1) is 35.8. The Bertz CT molecular complexity index is 1100. The van der Waals surface area contributed by atoms with Gasteiger partial charge in [-0.3, -0.25) is 9.98 Å². The van der Waals surface area contributed by atoms with E-state index in [9.17, 15) is 0 Å². The van der Waals surface area contributed by atoms with Gasteiger partial charge in [0.15, 0.2) is 0 Å². The molecule has 1 aromatic heterocycles. The van der Waals surface area contributed by atoms with Crippen molar-refractivity contribution in [3.8, 4) is 0 Å². The zero-order valence-corrected chi connectivity index (χ0v) is 25.2. The number of benzene rings is 2. The average molecular weight is 597 g/mol. The number of aromatic nitrogens is 1. The molecule has 0 amide bonds. The molecule has 0 radical (unpaired) electrons. The Morgan fingerprint density at radius 1 is 0.600 bits per heavy atom. The fourth-order valence-corrected chi connectivity index (χ4v) is 4.22. The Morgan fingerprint density at radius 2 is 0.886 bits per heavy atom. The van der Waals surface area contributed by atoms with E-state index in [4.69, 9.17) is 26.6 Å². The monoisotopic (exact) mass is 595 g/mol. The minimum atomic E-state index is 0. The van der Waals surface area contributed by atoms with Crippen LogP contribution >= 0.6 is 11.6 Å². The van der Waals surface area contributed by atoms with Gasteiger partial charge in [0.05, 0.1) is 34.2 Å². The molecule has 3 aromatic rings. The van der Waals surface area contributed by atoms with Crippen molar-refractivity contribution >= 4 is 34.4 Å². The molecule has 0 atom stereocenters. The Hall–Kier alpha value is -1.40. The van der Waals surface area contributed by atoms with Gasteiger partial charge < -0.3 is 37.2 Å². The summed E-state index contributed by atoms with van der Waals surface area (Å²) in [5, 5.41) is 0.624. The molecule has 3 rings (SSSR count). The summed E-state index contributed by atoms with van der Waals surface area (Å²) in [6, 6.07) is 12.3. The molecule has 0 aliphatic heterocycles. The second-order valence-corrected chi connectivity index (χ2v) is 8.88. The van der Waals surface area contributed by atoms with Crippen LogP contribution in [0.3, 0.4) is 0 Å². The summed E-state index contributed by atoms with van der Waals surface area (Å²) in [7, 11) is 0. The number of aryl methyl sites for hydroxylation is 6. The van der Waals surface area contributed by atoms with Crippen molar-refractivity contribution in [1.29, 1.82) is 0 Å². The van der Waals surface area contributed by atoms with Crippen LogP contribution in [0.5, 0.6) is 0 Å². The van der Waals surface area contributed by atoms with E-state index in [1.54, 1.807) is 0 Å². The molecule has 0 saturated heterocycles. The maximum atomic E-state index is 6.46. The van der Waals surface area contributed by atoms with Gasteiger partial charge in [-0.15, -0.1) is 0 Å². The fraction of sp³-hybridized carbons (Fsp3) is 0.296. The van der Waals surface area contributed by atoms with Crippen LogP contribution in [0.15, 0.2) is 46.4 Å². The van der Waals surface area contributed by atoms with Gasteiger partial charge >= 0.3 is 16.8 Å². The molecule has 8 heteroatoms. The van der Waals surface area contributed by atoms with E-state index in [-0.39, 0.29) is 54.0 Å². The normalized spacial score (nSPS) is 11.0. The predicted octanol–water partition coefficient (Wildman–Crippen LogP) is -1.12. The van der Waals surface area contributed by atoms with Crippen molar-refractivity contribution in [1.82, 2.24) is 4.98 Å². The van der Waals surface area contributed by atoms with Gasteiger partial charge in [0, 0.05) is 5.02 Å². The first-order valence-electron chi connectivity index (χ1n) is 10.5. The van der Waals surface area contributed by atoms with E-state index in [0.717, 1.165) is 56.4 Å². The minimum Gasteiger partial charge on any atom is -1.00 e. The zero-order chi connectivity index (χ0) is 22.9. The molecule has 0 N–H and O–H groups in total. The predicted molar refractivity (Wildman–Crippen MR) is 134 cm³/mol. The zero-order valence-electron chi connectivity index (χ0n) is 21.2. The van der Waals surface area contributed by atoms with Crippen LogP contribution in [0, 0.1) is 41.5 Å². The van der Waals surface area contributed by atoms with Crippen molar-refractivity contribution in [3.05, 3.63) is 86.2 Å². The standard InChI is InChI=1S/C27H30ClN3.3ClH.Co/c1-15-9-17(3)26(18(4)10-15)29-21(7)24-13-23(28)14-25(31-24)22(8)30-27-19(5)11-16(2)12-20(27)6;;;;/h9-14H,1-8H3;3*1H;/q;;;;+3/p-3. The molecule has 35 heavy (non-hydrogen) atoms. The van der Waals surface area contributed by atoms with Crippen LogP contribution in [0.1, 0.15) is 58.6 Å². The number of halogens is 4. The SMILES string of the molecule is CC(=Nc1c(C)cc(C)cc1C)c1cc(Cl)cc(C(C)=Nc2c(C)cc(C)cc2C)n1.[Cl-].[Cl-].[Cl-].[Co+3]. The van der Waals surface area contributed by atoms with E-state index in [0.29, 0.717) is 5.02 Å². The summed E-state index contributed by atoms with van der Waals surface area (Å²) in [5.74, 6) is 0. The maximum Gasteiger partial charge on any atom is 3.00 e. The van der Waals surface area contributed by atoms with Crippen LogP contribution in [0.4, 0.5) is 11.4 Å². The van der Waals surface area contributed by atoms with Gasteiger partial charge in [0.25, 0.3) is 0 Å². The second kappa shape index (κ2) is 15.0. The largest absolute Gasteiger partial charge is 3.00 e. The van der Waals surface area contributed by atoms with Crippen molar-refractivity contribution in [3.63, 3.8) is 0 Å². The van der Waals surface area contributed by atoms with Crippen molar-refractivity contribution in [2.75, 3.05) is 0 Å². The van der Waals surface area contributed by atoms with E-state index in [2.05, 4.69) is 65.8 Å². The molecular formula is C27H30Cl4CoN3. The molecule has 0 aliphatic rings. The molecule has 0 spiro atoms. The molecule has 0 aliphatic carbocycles. The molecular weight excluding hydrogens is 567 g/mol. The summed E-state index contributed by atoms with van der Waals surface area (Å²) in [5.41, 5.74) is 12.2. The summed E-state index contributed by atoms with van der Waals surface area (Å²) in [6.07, 6.45) is 0. The van der Waals surface area contributed by atoms with Crippen LogP contribution in [0.25, 0.3) is 0 Å². The Labute approximate surface area is 243 Å². The first-order valence-corrected chi connectivity index (χ1v) is 10.9. The molecule has 3 nitrogen and oxygen atoms in total. The van der Waals surface area contributed by atoms with Gasteiger partial charge in [-0.05, 0) is 89.8 Å². The Balaban J connectivity index is 0. The van der Waals surface area contributed by atoms with Crippen molar-refractivity contribution in [2.45, 2.75) is 55.4 Å². The average Bonchev–Trinajstić information content (AvgIpc) is 2.66.